The summed E-state index contributed by atoms with van der Waals surface area (Å²) in [5.74, 6) is 0.754. The lowest BCUT2D eigenvalue weighted by Crippen LogP contribution is -2.40. The number of carbonyl (C=O) groups is 1. The number of hydrogen-bond donors (Lipinski definition) is 0. The van der Waals surface area contributed by atoms with Crippen LogP contribution >= 0.6 is 11.6 Å². The highest BCUT2D eigenvalue weighted by Gasteiger charge is 2.36. The Balaban J connectivity index is 2.07. The highest BCUT2D eigenvalue weighted by molar-refractivity contribution is 6.31. The molecule has 0 spiro atoms. The average Bonchev–Trinajstić information content (AvgIpc) is 2.49. The van der Waals surface area contributed by atoms with Crippen molar-refractivity contribution in [2.24, 2.45) is 11.3 Å². The van der Waals surface area contributed by atoms with Crippen molar-refractivity contribution in [2.45, 2.75) is 45.6 Å². The molecule has 1 atom stereocenters. The minimum Gasteiger partial charge on any atom is -0.303 e. The maximum Gasteiger partial charge on any atom is 0.127 e. The van der Waals surface area contributed by atoms with Crippen molar-refractivity contribution in [2.75, 3.05) is 13.6 Å². The van der Waals surface area contributed by atoms with Crippen molar-refractivity contribution in [1.82, 2.24) is 4.90 Å². The van der Waals surface area contributed by atoms with Gasteiger partial charge in [-0.2, -0.15) is 0 Å². The van der Waals surface area contributed by atoms with Crippen LogP contribution in [0, 0.1) is 11.3 Å². The van der Waals surface area contributed by atoms with Gasteiger partial charge in [-0.05, 0) is 57.2 Å². The Kier molecular flexibility index (Phi) is 5.45. The van der Waals surface area contributed by atoms with Crippen LogP contribution in [0.4, 0.5) is 0 Å². The van der Waals surface area contributed by atoms with E-state index in [4.69, 9.17) is 11.6 Å². The van der Waals surface area contributed by atoms with Crippen molar-refractivity contribution < 1.29 is 4.79 Å². The SMILES string of the molecule is CC1CCC(C=O)(CN(C)C(C)c2ccccc2Cl)CC1. The molecule has 21 heavy (non-hydrogen) atoms. The summed E-state index contributed by atoms with van der Waals surface area (Å²) in [6.45, 7) is 5.26. The molecule has 0 heterocycles. The van der Waals surface area contributed by atoms with Gasteiger partial charge >= 0.3 is 0 Å². The molecule has 0 radical (unpaired) electrons. The van der Waals surface area contributed by atoms with Crippen molar-refractivity contribution in [1.29, 1.82) is 0 Å². The number of benzene rings is 1. The van der Waals surface area contributed by atoms with Gasteiger partial charge in [0, 0.05) is 23.0 Å². The molecule has 0 bridgehead atoms. The molecular formula is C18H26ClNO. The van der Waals surface area contributed by atoms with Crippen LogP contribution in [0.2, 0.25) is 5.02 Å². The van der Waals surface area contributed by atoms with Gasteiger partial charge in [-0.15, -0.1) is 0 Å². The summed E-state index contributed by atoms with van der Waals surface area (Å²) in [5.41, 5.74) is 0.962. The molecule has 3 heteroatoms. The second kappa shape index (κ2) is 6.93. The number of nitrogens with zero attached hydrogens (tertiary/aromatic N) is 1. The fourth-order valence-corrected chi connectivity index (χ4v) is 3.63. The molecule has 1 aliphatic rings. The van der Waals surface area contributed by atoms with E-state index in [1.807, 2.05) is 18.2 Å². The zero-order chi connectivity index (χ0) is 15.5. The standard InChI is InChI=1S/C18H26ClNO/c1-14-8-10-18(13-21,11-9-14)12-20(3)15(2)16-6-4-5-7-17(16)19/h4-7,13-15H,8-12H2,1-3H3. The first-order valence-corrected chi connectivity index (χ1v) is 8.26. The molecule has 1 fully saturated rings. The van der Waals surface area contributed by atoms with E-state index in [1.165, 1.54) is 6.29 Å². The topological polar surface area (TPSA) is 20.3 Å². The van der Waals surface area contributed by atoms with Gasteiger partial charge in [0.1, 0.15) is 6.29 Å². The van der Waals surface area contributed by atoms with Gasteiger partial charge in [0.25, 0.3) is 0 Å². The molecule has 0 saturated heterocycles. The Morgan fingerprint density at radius 1 is 1.38 bits per heavy atom. The zero-order valence-corrected chi connectivity index (χ0v) is 14.1. The molecule has 0 amide bonds. The number of rotatable bonds is 5. The van der Waals surface area contributed by atoms with E-state index in [-0.39, 0.29) is 11.5 Å². The van der Waals surface area contributed by atoms with Crippen LogP contribution < -0.4 is 0 Å². The van der Waals surface area contributed by atoms with Gasteiger partial charge in [0.05, 0.1) is 0 Å². The summed E-state index contributed by atoms with van der Waals surface area (Å²) in [4.78, 5) is 14.0. The highest BCUT2D eigenvalue weighted by atomic mass is 35.5. The molecule has 2 nitrogen and oxygen atoms in total. The first-order chi connectivity index (χ1) is 9.97. The molecule has 1 aromatic rings. The third kappa shape index (κ3) is 3.87. The highest BCUT2D eigenvalue weighted by Crippen LogP contribution is 2.39. The van der Waals surface area contributed by atoms with Gasteiger partial charge in [-0.25, -0.2) is 0 Å². The van der Waals surface area contributed by atoms with Crippen LogP contribution in [-0.2, 0) is 4.79 Å². The van der Waals surface area contributed by atoms with Gasteiger partial charge in [0.15, 0.2) is 0 Å². The number of aldehydes is 1. The Morgan fingerprint density at radius 3 is 2.57 bits per heavy atom. The van der Waals surface area contributed by atoms with E-state index >= 15 is 0 Å². The van der Waals surface area contributed by atoms with Crippen LogP contribution in [0.5, 0.6) is 0 Å². The van der Waals surface area contributed by atoms with E-state index in [1.54, 1.807) is 0 Å². The summed E-state index contributed by atoms with van der Waals surface area (Å²) in [7, 11) is 2.09. The number of carbonyl (C=O) groups excluding carboxylic acids is 1. The van der Waals surface area contributed by atoms with E-state index in [0.717, 1.165) is 48.7 Å². The predicted molar refractivity (Wildman–Crippen MR) is 88.6 cm³/mol. The summed E-state index contributed by atoms with van der Waals surface area (Å²) >= 11 is 6.30. The van der Waals surface area contributed by atoms with Crippen LogP contribution in [0.25, 0.3) is 0 Å². The van der Waals surface area contributed by atoms with Crippen LogP contribution in [0.1, 0.15) is 51.1 Å². The smallest absolute Gasteiger partial charge is 0.127 e. The molecule has 1 aliphatic carbocycles. The molecule has 1 saturated carbocycles. The molecule has 1 aromatic carbocycles. The Morgan fingerprint density at radius 2 is 2.00 bits per heavy atom. The first-order valence-electron chi connectivity index (χ1n) is 7.88. The lowest BCUT2D eigenvalue weighted by atomic mass is 9.71. The second-order valence-electron chi connectivity index (χ2n) is 6.78. The Bertz CT molecular complexity index is 480. The molecule has 0 aliphatic heterocycles. The van der Waals surface area contributed by atoms with Gasteiger partial charge in [0.2, 0.25) is 0 Å². The first kappa shape index (κ1) is 16.5. The second-order valence-corrected chi connectivity index (χ2v) is 7.18. The third-order valence-electron chi connectivity index (χ3n) is 5.10. The third-order valence-corrected chi connectivity index (χ3v) is 5.45. The molecule has 0 aromatic heterocycles. The van der Waals surface area contributed by atoms with Crippen LogP contribution in [-0.4, -0.2) is 24.8 Å². The molecule has 2 rings (SSSR count). The van der Waals surface area contributed by atoms with Crippen molar-refractivity contribution in [3.8, 4) is 0 Å². The molecule has 116 valence electrons. The summed E-state index contributed by atoms with van der Waals surface area (Å²) in [5, 5.41) is 0.800. The lowest BCUT2D eigenvalue weighted by Gasteiger charge is -2.39. The maximum atomic E-state index is 11.7. The van der Waals surface area contributed by atoms with Gasteiger partial charge in [-0.1, -0.05) is 36.7 Å². The van der Waals surface area contributed by atoms with Gasteiger partial charge < -0.3 is 4.79 Å². The maximum absolute atomic E-state index is 11.7. The Labute approximate surface area is 133 Å². The van der Waals surface area contributed by atoms with Gasteiger partial charge in [-0.3, -0.25) is 4.90 Å². The molecular weight excluding hydrogens is 282 g/mol. The lowest BCUT2D eigenvalue weighted by molar-refractivity contribution is -0.119. The minimum absolute atomic E-state index is 0.170. The zero-order valence-electron chi connectivity index (χ0n) is 13.3. The Hall–Kier alpha value is -0.860. The molecule has 1 unspecified atom stereocenters. The predicted octanol–water partition coefficient (Wildman–Crippen LogP) is 4.73. The largest absolute Gasteiger partial charge is 0.303 e. The average molecular weight is 308 g/mol. The minimum atomic E-state index is -0.170. The quantitative estimate of drug-likeness (QED) is 0.733. The summed E-state index contributed by atoms with van der Waals surface area (Å²) < 4.78 is 0. The fraction of sp³-hybridized carbons (Fsp3) is 0.611. The van der Waals surface area contributed by atoms with Crippen molar-refractivity contribution in [3.05, 3.63) is 34.9 Å². The number of hydrogen-bond acceptors (Lipinski definition) is 2. The number of halogens is 1. The van der Waals surface area contributed by atoms with E-state index in [9.17, 15) is 4.79 Å². The summed E-state index contributed by atoms with van der Waals surface area (Å²) in [6.07, 6.45) is 5.54. The van der Waals surface area contributed by atoms with Crippen LogP contribution in [0.15, 0.2) is 24.3 Å². The van der Waals surface area contributed by atoms with Crippen LogP contribution in [0.3, 0.4) is 0 Å². The summed E-state index contributed by atoms with van der Waals surface area (Å²) in [6, 6.07) is 8.19. The van der Waals surface area contributed by atoms with E-state index in [2.05, 4.69) is 31.9 Å². The van der Waals surface area contributed by atoms with Crippen molar-refractivity contribution >= 4 is 17.9 Å². The van der Waals surface area contributed by atoms with E-state index in [0.29, 0.717) is 0 Å². The van der Waals surface area contributed by atoms with Crippen molar-refractivity contribution in [3.63, 3.8) is 0 Å². The monoisotopic (exact) mass is 307 g/mol. The fourth-order valence-electron chi connectivity index (χ4n) is 3.34. The normalized spacial score (nSPS) is 27.6. The molecule has 0 N–H and O–H groups in total. The van der Waals surface area contributed by atoms with E-state index < -0.39 is 0 Å².